The van der Waals surface area contributed by atoms with Gasteiger partial charge in [0.15, 0.2) is 11.6 Å². The van der Waals surface area contributed by atoms with Crippen LogP contribution in [0, 0.1) is 28.1 Å². The number of fused-ring (bicyclic) bond motifs is 5. The normalized spacial score (nSPS) is 46.3. The maximum atomic E-state index is 12.9. The fourth-order valence-corrected chi connectivity index (χ4v) is 6.87. The highest BCUT2D eigenvalue weighted by Gasteiger charge is 2.64. The largest absolute Gasteiger partial charge is 0.501 e. The van der Waals surface area contributed by atoms with Crippen LogP contribution in [-0.2, 0) is 14.3 Å². The van der Waals surface area contributed by atoms with E-state index in [-0.39, 0.29) is 27.8 Å². The maximum absolute atomic E-state index is 12.9. The first-order valence-electron chi connectivity index (χ1n) is 9.90. The number of allylic oxidation sites excluding steroid dienone is 6. The Labute approximate surface area is 156 Å². The van der Waals surface area contributed by atoms with Crippen molar-refractivity contribution in [3.05, 3.63) is 35.1 Å². The first kappa shape index (κ1) is 17.8. The van der Waals surface area contributed by atoms with Gasteiger partial charge in [-0.25, -0.2) is 0 Å². The molecule has 140 valence electrons. The molecule has 4 aliphatic carbocycles. The molecular formula is C23H30O3. The minimum atomic E-state index is -0.0763. The smallest absolute Gasteiger partial charge is 0.178 e. The molecule has 0 aromatic heterocycles. The van der Waals surface area contributed by atoms with Crippen molar-refractivity contribution in [2.45, 2.75) is 59.8 Å². The van der Waals surface area contributed by atoms with E-state index < -0.39 is 0 Å². The minimum absolute atomic E-state index is 0.0724. The Balaban J connectivity index is 1.80. The molecule has 0 spiro atoms. The molecule has 3 heteroatoms. The molecule has 3 nitrogen and oxygen atoms in total. The van der Waals surface area contributed by atoms with E-state index in [0.29, 0.717) is 18.3 Å². The summed E-state index contributed by atoms with van der Waals surface area (Å²) in [6, 6.07) is 0. The molecule has 4 aliphatic rings. The predicted octanol–water partition coefficient (Wildman–Crippen LogP) is 4.78. The van der Waals surface area contributed by atoms with Crippen LogP contribution in [0.4, 0.5) is 0 Å². The number of hydrogen-bond acceptors (Lipinski definition) is 3. The average Bonchev–Trinajstić information content (AvgIpc) is 2.86. The molecule has 0 aromatic rings. The van der Waals surface area contributed by atoms with E-state index in [0.717, 1.165) is 37.0 Å². The quantitative estimate of drug-likeness (QED) is 0.502. The molecule has 0 saturated heterocycles. The summed E-state index contributed by atoms with van der Waals surface area (Å²) in [5.41, 5.74) is 2.17. The van der Waals surface area contributed by atoms with Gasteiger partial charge in [0.1, 0.15) is 0 Å². The molecule has 5 unspecified atom stereocenters. The number of Topliss-reactive ketones (excluding diaryl/α,β-unsaturated/α-hetero) is 1. The summed E-state index contributed by atoms with van der Waals surface area (Å²) >= 11 is 0. The van der Waals surface area contributed by atoms with E-state index in [1.54, 1.807) is 13.2 Å². The number of carbonyl (C=O) groups is 2. The first-order valence-corrected chi connectivity index (χ1v) is 9.90. The molecule has 5 atom stereocenters. The van der Waals surface area contributed by atoms with Gasteiger partial charge in [-0.3, -0.25) is 9.59 Å². The van der Waals surface area contributed by atoms with Crippen LogP contribution < -0.4 is 0 Å². The maximum Gasteiger partial charge on any atom is 0.178 e. The van der Waals surface area contributed by atoms with Crippen LogP contribution in [0.3, 0.4) is 0 Å². The van der Waals surface area contributed by atoms with Gasteiger partial charge in [0, 0.05) is 22.8 Å². The van der Waals surface area contributed by atoms with Gasteiger partial charge in [-0.05, 0) is 62.0 Å². The predicted molar refractivity (Wildman–Crippen MR) is 101 cm³/mol. The average molecular weight is 354 g/mol. The van der Waals surface area contributed by atoms with Crippen molar-refractivity contribution in [2.24, 2.45) is 28.1 Å². The zero-order valence-electron chi connectivity index (χ0n) is 16.6. The lowest BCUT2D eigenvalue weighted by molar-refractivity contribution is -0.116. The number of ether oxygens (including phenoxy) is 1. The Morgan fingerprint density at radius 2 is 1.88 bits per heavy atom. The van der Waals surface area contributed by atoms with E-state index in [1.807, 2.05) is 13.0 Å². The summed E-state index contributed by atoms with van der Waals surface area (Å²) in [6.07, 6.45) is 10.6. The first-order chi connectivity index (χ1) is 12.2. The second-order valence-electron chi connectivity index (χ2n) is 9.46. The molecule has 3 fully saturated rings. The van der Waals surface area contributed by atoms with E-state index in [1.165, 1.54) is 5.57 Å². The van der Waals surface area contributed by atoms with E-state index in [2.05, 4.69) is 26.8 Å². The molecule has 0 bridgehead atoms. The summed E-state index contributed by atoms with van der Waals surface area (Å²) in [5, 5.41) is 0. The zero-order chi connectivity index (χ0) is 18.9. The van der Waals surface area contributed by atoms with Crippen LogP contribution in [-0.4, -0.2) is 18.7 Å². The molecule has 0 radical (unpaired) electrons. The summed E-state index contributed by atoms with van der Waals surface area (Å²) in [5.74, 6) is 2.07. The SMILES string of the molecule is COC(C)=C1C(=O)CC2C3CCC4=CC(=O)C=CC4(C)C3(C)CCC12C. The lowest BCUT2D eigenvalue weighted by atomic mass is 9.41. The number of methoxy groups -OCH3 is 1. The molecule has 3 saturated carbocycles. The lowest BCUT2D eigenvalue weighted by Gasteiger charge is -2.62. The highest BCUT2D eigenvalue weighted by Crippen LogP contribution is 2.70. The highest BCUT2D eigenvalue weighted by molar-refractivity contribution is 6.01. The fourth-order valence-electron chi connectivity index (χ4n) is 6.87. The standard InChI is InChI=1S/C23H30O3/c1-14(26-5)20-19(25)13-18-17-7-6-15-12-16(24)8-9-22(15,3)23(17,4)11-10-21(18,20)2/h8-9,12,17-18H,6-7,10-11,13H2,1-5H3. The van der Waals surface area contributed by atoms with Gasteiger partial charge in [-0.2, -0.15) is 0 Å². The Kier molecular flexibility index (Phi) is 3.71. The molecule has 26 heavy (non-hydrogen) atoms. The number of ketones is 2. The van der Waals surface area contributed by atoms with Crippen LogP contribution in [0.25, 0.3) is 0 Å². The van der Waals surface area contributed by atoms with E-state index in [4.69, 9.17) is 4.74 Å². The van der Waals surface area contributed by atoms with Crippen LogP contribution in [0.1, 0.15) is 59.8 Å². The summed E-state index contributed by atoms with van der Waals surface area (Å²) in [4.78, 5) is 24.8. The second kappa shape index (κ2) is 5.43. The van der Waals surface area contributed by atoms with Gasteiger partial charge >= 0.3 is 0 Å². The third kappa shape index (κ3) is 2.00. The third-order valence-electron chi connectivity index (χ3n) is 8.68. The van der Waals surface area contributed by atoms with Gasteiger partial charge < -0.3 is 4.74 Å². The van der Waals surface area contributed by atoms with Crippen molar-refractivity contribution < 1.29 is 14.3 Å². The fraction of sp³-hybridized carbons (Fsp3) is 0.652. The molecule has 0 amide bonds. The van der Waals surface area contributed by atoms with Crippen LogP contribution in [0.15, 0.2) is 35.1 Å². The van der Waals surface area contributed by atoms with Crippen molar-refractivity contribution in [2.75, 3.05) is 7.11 Å². The van der Waals surface area contributed by atoms with Gasteiger partial charge in [-0.1, -0.05) is 32.4 Å². The van der Waals surface area contributed by atoms with Crippen LogP contribution in [0.2, 0.25) is 0 Å². The van der Waals surface area contributed by atoms with Crippen LogP contribution in [0.5, 0.6) is 0 Å². The van der Waals surface area contributed by atoms with Gasteiger partial charge in [0.2, 0.25) is 0 Å². The van der Waals surface area contributed by atoms with Gasteiger partial charge in [0.25, 0.3) is 0 Å². The van der Waals surface area contributed by atoms with Crippen molar-refractivity contribution in [3.8, 4) is 0 Å². The highest BCUT2D eigenvalue weighted by atomic mass is 16.5. The topological polar surface area (TPSA) is 43.4 Å². The molecular weight excluding hydrogens is 324 g/mol. The molecule has 0 aromatic carbocycles. The molecule has 0 N–H and O–H groups in total. The van der Waals surface area contributed by atoms with E-state index >= 15 is 0 Å². The number of carbonyl (C=O) groups excluding carboxylic acids is 2. The van der Waals surface area contributed by atoms with Gasteiger partial charge in [0.05, 0.1) is 12.9 Å². The third-order valence-corrected chi connectivity index (χ3v) is 8.68. The summed E-state index contributed by atoms with van der Waals surface area (Å²) in [7, 11) is 1.67. The van der Waals surface area contributed by atoms with Gasteiger partial charge in [-0.15, -0.1) is 0 Å². The number of hydrogen-bond donors (Lipinski definition) is 0. The minimum Gasteiger partial charge on any atom is -0.501 e. The molecule has 0 aliphatic heterocycles. The lowest BCUT2D eigenvalue weighted by Crippen LogP contribution is -2.55. The van der Waals surface area contributed by atoms with Crippen LogP contribution >= 0.6 is 0 Å². The van der Waals surface area contributed by atoms with Crippen molar-refractivity contribution in [1.29, 1.82) is 0 Å². The Bertz CT molecular complexity index is 785. The second-order valence-corrected chi connectivity index (χ2v) is 9.46. The summed E-state index contributed by atoms with van der Waals surface area (Å²) in [6.45, 7) is 8.94. The van der Waals surface area contributed by atoms with E-state index in [9.17, 15) is 9.59 Å². The van der Waals surface area contributed by atoms with Crippen molar-refractivity contribution >= 4 is 11.6 Å². The number of rotatable bonds is 1. The summed E-state index contributed by atoms with van der Waals surface area (Å²) < 4.78 is 5.50. The Morgan fingerprint density at radius 3 is 2.58 bits per heavy atom. The molecule has 4 rings (SSSR count). The Hall–Kier alpha value is -1.64. The van der Waals surface area contributed by atoms with Crippen molar-refractivity contribution in [3.63, 3.8) is 0 Å². The van der Waals surface area contributed by atoms with Crippen molar-refractivity contribution in [1.82, 2.24) is 0 Å². The zero-order valence-corrected chi connectivity index (χ0v) is 16.6. The molecule has 0 heterocycles. The monoisotopic (exact) mass is 354 g/mol. The Morgan fingerprint density at radius 1 is 1.15 bits per heavy atom.